The Bertz CT molecular complexity index is 164. The van der Waals surface area contributed by atoms with Crippen molar-refractivity contribution in [3.63, 3.8) is 0 Å². The van der Waals surface area contributed by atoms with Crippen molar-refractivity contribution in [3.05, 3.63) is 0 Å². The summed E-state index contributed by atoms with van der Waals surface area (Å²) in [6.45, 7) is 4.62. The number of hydrogen-bond donors (Lipinski definition) is 0. The molecule has 0 aliphatic heterocycles. The summed E-state index contributed by atoms with van der Waals surface area (Å²) in [4.78, 5) is 0. The van der Waals surface area contributed by atoms with Crippen LogP contribution in [0, 0.1) is 22.7 Å². The van der Waals surface area contributed by atoms with E-state index in [0.29, 0.717) is 11.3 Å². The lowest BCUT2D eigenvalue weighted by atomic mass is 9.85. The minimum absolute atomic E-state index is 0.344. The fourth-order valence-electron chi connectivity index (χ4n) is 1.79. The van der Waals surface area contributed by atoms with Gasteiger partial charge in [0.25, 0.3) is 0 Å². The molecule has 1 rings (SSSR count). The van der Waals surface area contributed by atoms with Crippen LogP contribution in [0.2, 0.25) is 0 Å². The molecule has 0 saturated heterocycles. The monoisotopic (exact) mass is 151 g/mol. The van der Waals surface area contributed by atoms with E-state index in [1.165, 1.54) is 19.3 Å². The minimum Gasteiger partial charge on any atom is -0.198 e. The van der Waals surface area contributed by atoms with Crippen LogP contribution in [0.4, 0.5) is 0 Å². The first kappa shape index (κ1) is 8.59. The zero-order chi connectivity index (χ0) is 8.32. The maximum absolute atomic E-state index is 8.74. The van der Waals surface area contributed by atoms with Crippen LogP contribution in [0.5, 0.6) is 0 Å². The number of hydrogen-bond acceptors (Lipinski definition) is 1. The van der Waals surface area contributed by atoms with Crippen LogP contribution in [0.15, 0.2) is 0 Å². The van der Waals surface area contributed by atoms with Crippen molar-refractivity contribution in [1.82, 2.24) is 0 Å². The summed E-state index contributed by atoms with van der Waals surface area (Å²) in [5.41, 5.74) is 0.492. The topological polar surface area (TPSA) is 23.8 Å². The summed E-state index contributed by atoms with van der Waals surface area (Å²) in [5.74, 6) is 0.344. The molecule has 0 amide bonds. The molecule has 0 radical (unpaired) electrons. The highest BCUT2D eigenvalue weighted by atomic mass is 14.3. The first-order valence-corrected chi connectivity index (χ1v) is 4.54. The van der Waals surface area contributed by atoms with E-state index in [9.17, 15) is 0 Å². The quantitative estimate of drug-likeness (QED) is 0.488. The van der Waals surface area contributed by atoms with Crippen molar-refractivity contribution in [2.75, 3.05) is 0 Å². The summed E-state index contributed by atoms with van der Waals surface area (Å²) >= 11 is 0. The fourth-order valence-corrected chi connectivity index (χ4v) is 1.79. The molecule has 1 aliphatic carbocycles. The second kappa shape index (κ2) is 3.26. The van der Waals surface area contributed by atoms with Gasteiger partial charge in [-0.3, -0.25) is 0 Å². The molecule has 0 aromatic rings. The molecule has 0 aromatic carbocycles. The molecule has 1 atom stereocenters. The van der Waals surface area contributed by atoms with Crippen LogP contribution >= 0.6 is 0 Å². The van der Waals surface area contributed by atoms with Crippen molar-refractivity contribution in [2.24, 2.45) is 11.3 Å². The molecule has 1 saturated carbocycles. The predicted octanol–water partition coefficient (Wildman–Crippen LogP) is 3.12. The van der Waals surface area contributed by atoms with Crippen LogP contribution in [-0.2, 0) is 0 Å². The Morgan fingerprint density at radius 2 is 2.00 bits per heavy atom. The van der Waals surface area contributed by atoms with Crippen molar-refractivity contribution in [3.8, 4) is 6.07 Å². The second-order valence-electron chi connectivity index (χ2n) is 4.42. The van der Waals surface area contributed by atoms with Crippen LogP contribution in [0.25, 0.3) is 0 Å². The van der Waals surface area contributed by atoms with E-state index in [2.05, 4.69) is 19.9 Å². The molecule has 62 valence electrons. The number of nitriles is 1. The Hall–Kier alpha value is -0.510. The highest BCUT2D eigenvalue weighted by Crippen LogP contribution is 2.35. The van der Waals surface area contributed by atoms with E-state index in [1.807, 2.05) is 0 Å². The number of rotatable bonds is 0. The van der Waals surface area contributed by atoms with Gasteiger partial charge in [-0.05, 0) is 31.1 Å². The van der Waals surface area contributed by atoms with Crippen LogP contribution in [-0.4, -0.2) is 0 Å². The van der Waals surface area contributed by atoms with Gasteiger partial charge in [-0.15, -0.1) is 0 Å². The first-order valence-electron chi connectivity index (χ1n) is 4.54. The number of nitrogens with zero attached hydrogens (tertiary/aromatic N) is 1. The predicted molar refractivity (Wildman–Crippen MR) is 46.0 cm³/mol. The Balaban J connectivity index is 2.47. The van der Waals surface area contributed by atoms with E-state index >= 15 is 0 Å². The molecule has 0 heterocycles. The lowest BCUT2D eigenvalue weighted by molar-refractivity contribution is 0.312. The molecule has 11 heavy (non-hydrogen) atoms. The molecule has 1 heteroatoms. The van der Waals surface area contributed by atoms with Crippen molar-refractivity contribution in [2.45, 2.75) is 46.0 Å². The third-order valence-electron chi connectivity index (χ3n) is 2.76. The van der Waals surface area contributed by atoms with Gasteiger partial charge in [0.2, 0.25) is 0 Å². The molecule has 1 nitrogen and oxygen atoms in total. The first-order chi connectivity index (χ1) is 5.14. The fraction of sp³-hybridized carbons (Fsp3) is 0.900. The van der Waals surface area contributed by atoms with Gasteiger partial charge in [-0.2, -0.15) is 5.26 Å². The Labute approximate surface area is 69.4 Å². The lowest BCUT2D eigenvalue weighted by Gasteiger charge is -2.21. The van der Waals surface area contributed by atoms with Gasteiger partial charge in [0.05, 0.1) is 6.07 Å². The zero-order valence-electron chi connectivity index (χ0n) is 7.56. The van der Waals surface area contributed by atoms with E-state index in [1.54, 1.807) is 0 Å². The summed E-state index contributed by atoms with van der Waals surface area (Å²) in [7, 11) is 0. The van der Waals surface area contributed by atoms with Gasteiger partial charge < -0.3 is 0 Å². The molecule has 0 spiro atoms. The molecule has 0 N–H and O–H groups in total. The lowest BCUT2D eigenvalue weighted by Crippen LogP contribution is -2.08. The third-order valence-corrected chi connectivity index (χ3v) is 2.76. The molecular formula is C10H17N. The maximum atomic E-state index is 8.74. The molecule has 1 aliphatic rings. The average Bonchev–Trinajstić information content (AvgIpc) is 2.10. The molecule has 1 fully saturated rings. The SMILES string of the molecule is CC1(C)CCCC(C#N)CC1. The minimum atomic E-state index is 0.344. The average molecular weight is 151 g/mol. The molecule has 0 aromatic heterocycles. The van der Waals surface area contributed by atoms with Gasteiger partial charge in [0.1, 0.15) is 0 Å². The van der Waals surface area contributed by atoms with Crippen LogP contribution in [0.1, 0.15) is 46.0 Å². The van der Waals surface area contributed by atoms with E-state index < -0.39 is 0 Å². The van der Waals surface area contributed by atoms with Gasteiger partial charge in [-0.25, -0.2) is 0 Å². The highest BCUT2D eigenvalue weighted by molar-refractivity contribution is 4.87. The van der Waals surface area contributed by atoms with Gasteiger partial charge in [0, 0.05) is 5.92 Å². The van der Waals surface area contributed by atoms with Crippen molar-refractivity contribution in [1.29, 1.82) is 5.26 Å². The smallest absolute Gasteiger partial charge is 0.0655 e. The Morgan fingerprint density at radius 3 is 2.64 bits per heavy atom. The van der Waals surface area contributed by atoms with Gasteiger partial charge in [0.15, 0.2) is 0 Å². The van der Waals surface area contributed by atoms with Crippen molar-refractivity contribution < 1.29 is 0 Å². The third kappa shape index (κ3) is 2.54. The van der Waals surface area contributed by atoms with Crippen molar-refractivity contribution >= 4 is 0 Å². The molecule has 0 bridgehead atoms. The van der Waals surface area contributed by atoms with E-state index in [-0.39, 0.29) is 0 Å². The normalized spacial score (nSPS) is 30.5. The summed E-state index contributed by atoms with van der Waals surface area (Å²) in [5, 5.41) is 8.74. The van der Waals surface area contributed by atoms with Gasteiger partial charge in [-0.1, -0.05) is 20.3 Å². The Kier molecular flexibility index (Phi) is 2.54. The summed E-state index contributed by atoms with van der Waals surface area (Å²) < 4.78 is 0. The van der Waals surface area contributed by atoms with Crippen LogP contribution in [0.3, 0.4) is 0 Å². The molecule has 1 unspecified atom stereocenters. The van der Waals surface area contributed by atoms with E-state index in [0.717, 1.165) is 12.8 Å². The van der Waals surface area contributed by atoms with Crippen LogP contribution < -0.4 is 0 Å². The van der Waals surface area contributed by atoms with Gasteiger partial charge >= 0.3 is 0 Å². The summed E-state index contributed by atoms with van der Waals surface area (Å²) in [6.07, 6.45) is 6.01. The summed E-state index contributed by atoms with van der Waals surface area (Å²) in [6, 6.07) is 2.38. The standard InChI is InChI=1S/C10H17N/c1-10(2)6-3-4-9(8-11)5-7-10/h9H,3-7H2,1-2H3. The molecular weight excluding hydrogens is 134 g/mol. The second-order valence-corrected chi connectivity index (χ2v) is 4.42. The zero-order valence-corrected chi connectivity index (χ0v) is 7.56. The largest absolute Gasteiger partial charge is 0.198 e. The highest BCUT2D eigenvalue weighted by Gasteiger charge is 2.23. The van der Waals surface area contributed by atoms with E-state index in [4.69, 9.17) is 5.26 Å². The Morgan fingerprint density at radius 1 is 1.27 bits per heavy atom. The maximum Gasteiger partial charge on any atom is 0.0655 e.